The number of H-pyrrole nitrogens is 2. The number of ether oxygens (including phenoxy) is 1. The molecule has 0 radical (unpaired) electrons. The van der Waals surface area contributed by atoms with Crippen LogP contribution < -0.4 is 5.56 Å². The van der Waals surface area contributed by atoms with Gasteiger partial charge in [0.25, 0.3) is 5.56 Å². The number of benzene rings is 2. The fraction of sp³-hybridized carbons (Fsp3) is 0.250. The summed E-state index contributed by atoms with van der Waals surface area (Å²) >= 11 is 0. The average molecular weight is 451 g/mol. The molecular formula is C24H22N2O5S. The quantitative estimate of drug-likeness (QED) is 0.454. The van der Waals surface area contributed by atoms with Gasteiger partial charge in [-0.3, -0.25) is 4.79 Å². The third-order valence-electron chi connectivity index (χ3n) is 6.04. The summed E-state index contributed by atoms with van der Waals surface area (Å²) < 4.78 is 29.6. The molecule has 1 aliphatic carbocycles. The first-order chi connectivity index (χ1) is 15.3. The minimum Gasteiger partial charge on any atom is -0.459 e. The van der Waals surface area contributed by atoms with E-state index in [0.717, 1.165) is 36.8 Å². The van der Waals surface area contributed by atoms with Crippen LogP contribution in [-0.2, 0) is 14.6 Å². The van der Waals surface area contributed by atoms with Gasteiger partial charge < -0.3 is 14.7 Å². The van der Waals surface area contributed by atoms with Gasteiger partial charge in [0, 0.05) is 28.7 Å². The molecule has 5 rings (SSSR count). The molecule has 0 bridgehead atoms. The summed E-state index contributed by atoms with van der Waals surface area (Å²) in [5, 5.41) is 1.19. The van der Waals surface area contributed by atoms with Gasteiger partial charge in [-0.2, -0.15) is 0 Å². The molecule has 8 heteroatoms. The maximum absolute atomic E-state index is 12.9. The van der Waals surface area contributed by atoms with E-state index in [9.17, 15) is 18.0 Å². The molecule has 0 atom stereocenters. The van der Waals surface area contributed by atoms with Gasteiger partial charge in [0.2, 0.25) is 0 Å². The van der Waals surface area contributed by atoms with Crippen LogP contribution in [0.15, 0.2) is 58.4 Å². The molecule has 0 spiro atoms. The molecule has 4 aromatic rings. The smallest absolute Gasteiger partial charge is 0.340 e. The summed E-state index contributed by atoms with van der Waals surface area (Å²) in [5.41, 5.74) is 2.38. The van der Waals surface area contributed by atoms with Crippen molar-refractivity contribution in [3.63, 3.8) is 0 Å². The highest BCUT2D eigenvalue weighted by atomic mass is 32.2. The Morgan fingerprint density at radius 1 is 1.06 bits per heavy atom. The Morgan fingerprint density at radius 3 is 2.56 bits per heavy atom. The van der Waals surface area contributed by atoms with Crippen LogP contribution in [0.25, 0.3) is 32.9 Å². The van der Waals surface area contributed by atoms with Gasteiger partial charge in [-0.15, -0.1) is 0 Å². The van der Waals surface area contributed by atoms with E-state index in [0.29, 0.717) is 27.4 Å². The number of sulfone groups is 1. The first kappa shape index (κ1) is 20.5. The van der Waals surface area contributed by atoms with E-state index in [-0.39, 0.29) is 16.6 Å². The van der Waals surface area contributed by atoms with Crippen LogP contribution in [0.4, 0.5) is 0 Å². The maximum atomic E-state index is 12.9. The van der Waals surface area contributed by atoms with Crippen molar-refractivity contribution in [2.75, 3.05) is 6.26 Å². The number of pyridine rings is 1. The molecule has 0 amide bonds. The molecule has 2 heterocycles. The minimum atomic E-state index is -3.35. The minimum absolute atomic E-state index is 0.0880. The predicted octanol–water partition coefficient (Wildman–Crippen LogP) is 4.18. The third-order valence-corrected chi connectivity index (χ3v) is 7.15. The van der Waals surface area contributed by atoms with Crippen molar-refractivity contribution in [2.45, 2.75) is 36.7 Å². The van der Waals surface area contributed by atoms with Gasteiger partial charge in [0.1, 0.15) is 11.6 Å². The molecule has 164 valence electrons. The van der Waals surface area contributed by atoms with Crippen LogP contribution in [0.5, 0.6) is 0 Å². The van der Waals surface area contributed by atoms with Gasteiger partial charge in [0.15, 0.2) is 9.84 Å². The predicted molar refractivity (Wildman–Crippen MR) is 123 cm³/mol. The Morgan fingerprint density at radius 2 is 1.81 bits per heavy atom. The molecule has 1 aliphatic rings. The summed E-state index contributed by atoms with van der Waals surface area (Å²) in [4.78, 5) is 31.5. The van der Waals surface area contributed by atoms with Crippen molar-refractivity contribution < 1.29 is 17.9 Å². The van der Waals surface area contributed by atoms with Gasteiger partial charge in [-0.1, -0.05) is 18.2 Å². The van der Waals surface area contributed by atoms with Gasteiger partial charge in [-0.25, -0.2) is 13.2 Å². The lowest BCUT2D eigenvalue weighted by molar-refractivity contribution is 0.0320. The standard InChI is InChI=1S/C24H22N2O5S/c1-32(29,30)17-8-4-5-14(11-17)15-9-10-20-18(12-15)21-19(13-25-22(21)23(27)26-20)24(28)31-16-6-2-3-7-16/h4-5,8-13,16,25H,2-3,6-7H2,1H3,(H,26,27). The van der Waals surface area contributed by atoms with Crippen molar-refractivity contribution in [1.29, 1.82) is 0 Å². The molecule has 0 aliphatic heterocycles. The first-order valence-electron chi connectivity index (χ1n) is 10.5. The van der Waals surface area contributed by atoms with E-state index in [1.807, 2.05) is 18.2 Å². The molecule has 2 aromatic carbocycles. The summed E-state index contributed by atoms with van der Waals surface area (Å²) in [6.07, 6.45) is 6.41. The van der Waals surface area contributed by atoms with Gasteiger partial charge in [0.05, 0.1) is 10.5 Å². The SMILES string of the molecule is CS(=O)(=O)c1cccc(-c2ccc3[nH]c(=O)c4[nH]cc(C(=O)OC5CCCC5)c4c3c2)c1. The Bertz CT molecular complexity index is 1530. The molecule has 1 saturated carbocycles. The molecule has 1 fully saturated rings. The molecule has 2 N–H and O–H groups in total. The number of hydrogen-bond acceptors (Lipinski definition) is 5. The van der Waals surface area contributed by atoms with Gasteiger partial charge in [-0.05, 0) is 61.1 Å². The number of carbonyl (C=O) groups is 1. The molecule has 0 saturated heterocycles. The highest BCUT2D eigenvalue weighted by Crippen LogP contribution is 2.31. The molecule has 0 unspecified atom stereocenters. The van der Waals surface area contributed by atoms with Crippen LogP contribution >= 0.6 is 0 Å². The van der Waals surface area contributed by atoms with Crippen LogP contribution in [0.3, 0.4) is 0 Å². The largest absolute Gasteiger partial charge is 0.459 e. The van der Waals surface area contributed by atoms with Crippen LogP contribution in [0.2, 0.25) is 0 Å². The highest BCUT2D eigenvalue weighted by molar-refractivity contribution is 7.90. The first-order valence-corrected chi connectivity index (χ1v) is 12.4. The Balaban J connectivity index is 1.67. The van der Waals surface area contributed by atoms with Crippen molar-refractivity contribution in [1.82, 2.24) is 9.97 Å². The lowest BCUT2D eigenvalue weighted by Crippen LogP contribution is -2.15. The summed E-state index contributed by atoms with van der Waals surface area (Å²) in [6.45, 7) is 0. The zero-order valence-electron chi connectivity index (χ0n) is 17.5. The zero-order valence-corrected chi connectivity index (χ0v) is 18.3. The van der Waals surface area contributed by atoms with Crippen LogP contribution in [0.1, 0.15) is 36.0 Å². The summed E-state index contributed by atoms with van der Waals surface area (Å²) in [5.74, 6) is -0.445. The maximum Gasteiger partial charge on any atom is 0.340 e. The van der Waals surface area contributed by atoms with E-state index in [1.165, 1.54) is 12.5 Å². The number of hydrogen-bond donors (Lipinski definition) is 2. The van der Waals surface area contributed by atoms with Gasteiger partial charge >= 0.3 is 5.97 Å². The molecular weight excluding hydrogens is 428 g/mol. The summed E-state index contributed by atoms with van der Waals surface area (Å²) in [6, 6.07) is 12.1. The van der Waals surface area contributed by atoms with E-state index in [4.69, 9.17) is 4.74 Å². The van der Waals surface area contributed by atoms with E-state index in [2.05, 4.69) is 9.97 Å². The van der Waals surface area contributed by atoms with E-state index < -0.39 is 15.8 Å². The molecule has 32 heavy (non-hydrogen) atoms. The number of fused-ring (bicyclic) bond motifs is 3. The number of nitrogens with one attached hydrogen (secondary N) is 2. The van der Waals surface area contributed by atoms with Crippen molar-refractivity contribution in [3.05, 3.63) is 64.6 Å². The van der Waals surface area contributed by atoms with E-state index in [1.54, 1.807) is 24.3 Å². The normalized spacial score (nSPS) is 14.9. The van der Waals surface area contributed by atoms with E-state index >= 15 is 0 Å². The second kappa shape index (κ2) is 7.63. The molecule has 7 nitrogen and oxygen atoms in total. The van der Waals surface area contributed by atoms with Crippen molar-refractivity contribution >= 4 is 37.6 Å². The lowest BCUT2D eigenvalue weighted by Gasteiger charge is -2.11. The fourth-order valence-corrected chi connectivity index (χ4v) is 5.06. The second-order valence-electron chi connectivity index (χ2n) is 8.28. The average Bonchev–Trinajstić information content (AvgIpc) is 3.43. The van der Waals surface area contributed by atoms with Crippen LogP contribution in [-0.4, -0.2) is 36.7 Å². The summed E-state index contributed by atoms with van der Waals surface area (Å²) in [7, 11) is -3.35. The number of aromatic amines is 2. The fourth-order valence-electron chi connectivity index (χ4n) is 4.39. The number of rotatable bonds is 4. The van der Waals surface area contributed by atoms with Crippen LogP contribution in [0, 0.1) is 0 Å². The third kappa shape index (κ3) is 3.60. The highest BCUT2D eigenvalue weighted by Gasteiger charge is 2.24. The zero-order chi connectivity index (χ0) is 22.5. The lowest BCUT2D eigenvalue weighted by atomic mass is 10.0. The van der Waals surface area contributed by atoms with Crippen molar-refractivity contribution in [2.24, 2.45) is 0 Å². The number of carbonyl (C=O) groups excluding carboxylic acids is 1. The number of esters is 1. The Labute approximate surface area is 184 Å². The second-order valence-corrected chi connectivity index (χ2v) is 10.3. The topological polar surface area (TPSA) is 109 Å². The Kier molecular flexibility index (Phi) is 4.89. The monoisotopic (exact) mass is 450 g/mol. The number of aromatic nitrogens is 2. The Hall–Kier alpha value is -3.39. The molecule has 2 aromatic heterocycles. The van der Waals surface area contributed by atoms with Crippen molar-refractivity contribution in [3.8, 4) is 11.1 Å².